The Morgan fingerprint density at radius 1 is 0.735 bits per heavy atom. The molecule has 0 radical (unpaired) electrons. The Kier molecular flexibility index (Phi) is 6.70. The minimum absolute atomic E-state index is 0.269. The van der Waals surface area contributed by atoms with Gasteiger partial charge in [0.1, 0.15) is 0 Å². The van der Waals surface area contributed by atoms with Crippen LogP contribution in [0.15, 0.2) is 72.8 Å². The maximum atomic E-state index is 2.47. The smallest absolute Gasteiger partial charge is 0.0361 e. The van der Waals surface area contributed by atoms with Crippen molar-refractivity contribution in [1.82, 2.24) is 0 Å². The molecule has 0 aromatic heterocycles. The quantitative estimate of drug-likeness (QED) is 0.377. The molecule has 0 fully saturated rings. The van der Waals surface area contributed by atoms with E-state index in [1.165, 1.54) is 55.9 Å². The molecule has 1 aliphatic carbocycles. The van der Waals surface area contributed by atoms with E-state index in [1.54, 1.807) is 0 Å². The summed E-state index contributed by atoms with van der Waals surface area (Å²) in [7, 11) is 8.35. The molecule has 1 aliphatic rings. The summed E-state index contributed by atoms with van der Waals surface area (Å²) in [6, 6.07) is 22.5. The van der Waals surface area contributed by atoms with Crippen LogP contribution in [-0.2, 0) is 0 Å². The first-order chi connectivity index (χ1) is 16.2. The molecule has 3 aromatic rings. The van der Waals surface area contributed by atoms with Gasteiger partial charge in [-0.05, 0) is 88.6 Å². The molecule has 0 N–H and O–H groups in total. The maximum absolute atomic E-state index is 2.47. The van der Waals surface area contributed by atoms with Crippen LogP contribution in [0.4, 0.5) is 11.4 Å². The van der Waals surface area contributed by atoms with E-state index < -0.39 is 0 Å². The zero-order chi connectivity index (χ0) is 24.6. The summed E-state index contributed by atoms with van der Waals surface area (Å²) in [5, 5.41) is 0. The van der Waals surface area contributed by atoms with Crippen molar-refractivity contribution < 1.29 is 0 Å². The zero-order valence-corrected chi connectivity index (χ0v) is 22.0. The van der Waals surface area contributed by atoms with Crippen LogP contribution >= 0.6 is 0 Å². The van der Waals surface area contributed by atoms with Crippen molar-refractivity contribution in [2.75, 3.05) is 38.0 Å². The number of aryl methyl sites for hydroxylation is 1. The predicted octanol–water partition coefficient (Wildman–Crippen LogP) is 7.88. The van der Waals surface area contributed by atoms with Crippen LogP contribution in [0.2, 0.25) is 0 Å². The minimum Gasteiger partial charge on any atom is -0.378 e. The van der Waals surface area contributed by atoms with Gasteiger partial charge < -0.3 is 9.80 Å². The molecule has 0 saturated heterocycles. The van der Waals surface area contributed by atoms with E-state index in [4.69, 9.17) is 0 Å². The van der Waals surface area contributed by atoms with Crippen molar-refractivity contribution in [2.45, 2.75) is 39.5 Å². The summed E-state index contributed by atoms with van der Waals surface area (Å²) in [4.78, 5) is 4.30. The molecule has 2 nitrogen and oxygen atoms in total. The normalized spacial score (nSPS) is 14.6. The first-order valence-corrected chi connectivity index (χ1v) is 12.3. The van der Waals surface area contributed by atoms with Gasteiger partial charge in [-0.3, -0.25) is 0 Å². The first-order valence-electron chi connectivity index (χ1n) is 12.3. The number of rotatable bonds is 6. The van der Waals surface area contributed by atoms with Gasteiger partial charge in [-0.2, -0.15) is 0 Å². The summed E-state index contributed by atoms with van der Waals surface area (Å²) in [6.45, 7) is 9.12. The maximum Gasteiger partial charge on any atom is 0.0361 e. The van der Waals surface area contributed by atoms with Gasteiger partial charge >= 0.3 is 0 Å². The molecular weight excluding hydrogens is 412 g/mol. The van der Waals surface area contributed by atoms with Crippen molar-refractivity contribution in [3.63, 3.8) is 0 Å². The fraction of sp³-hybridized carbons (Fsp3) is 0.312. The lowest BCUT2D eigenvalue weighted by molar-refractivity contribution is 0.858. The fourth-order valence-corrected chi connectivity index (χ4v) is 5.08. The third-order valence-electron chi connectivity index (χ3n) is 7.01. The van der Waals surface area contributed by atoms with Crippen LogP contribution in [0.25, 0.3) is 11.1 Å². The Balaban J connectivity index is 1.87. The molecule has 0 bridgehead atoms. The molecular formula is C32H38N2. The van der Waals surface area contributed by atoms with Gasteiger partial charge in [-0.15, -0.1) is 0 Å². The minimum atomic E-state index is 0.269. The van der Waals surface area contributed by atoms with E-state index in [0.717, 1.165) is 0 Å². The molecule has 0 heterocycles. The highest BCUT2D eigenvalue weighted by Crippen LogP contribution is 2.44. The second-order valence-corrected chi connectivity index (χ2v) is 10.3. The van der Waals surface area contributed by atoms with Gasteiger partial charge in [0.2, 0.25) is 0 Å². The van der Waals surface area contributed by atoms with Crippen LogP contribution in [0.5, 0.6) is 0 Å². The third kappa shape index (κ3) is 4.55. The molecule has 0 saturated carbocycles. The number of nitrogens with zero attached hydrogens (tertiary/aromatic N) is 2. The van der Waals surface area contributed by atoms with Crippen molar-refractivity contribution in [3.05, 3.63) is 106 Å². The monoisotopic (exact) mass is 450 g/mol. The number of hydrogen-bond donors (Lipinski definition) is 0. The van der Waals surface area contributed by atoms with E-state index in [9.17, 15) is 0 Å². The average Bonchev–Trinajstić information content (AvgIpc) is 3.14. The molecule has 34 heavy (non-hydrogen) atoms. The highest BCUT2D eigenvalue weighted by molar-refractivity contribution is 5.85. The van der Waals surface area contributed by atoms with E-state index in [1.807, 2.05) is 0 Å². The van der Waals surface area contributed by atoms with E-state index in [-0.39, 0.29) is 5.92 Å². The lowest BCUT2D eigenvalue weighted by Crippen LogP contribution is -2.08. The molecule has 3 aromatic carbocycles. The second kappa shape index (κ2) is 9.54. The van der Waals surface area contributed by atoms with E-state index in [2.05, 4.69) is 139 Å². The second-order valence-electron chi connectivity index (χ2n) is 10.3. The number of allylic oxidation sites excluding steroid dienone is 3. The lowest BCUT2D eigenvalue weighted by atomic mass is 9.86. The van der Waals surface area contributed by atoms with E-state index >= 15 is 0 Å². The van der Waals surface area contributed by atoms with Gasteiger partial charge in [0.05, 0.1) is 0 Å². The van der Waals surface area contributed by atoms with E-state index in [0.29, 0.717) is 5.92 Å². The molecule has 1 atom stereocenters. The van der Waals surface area contributed by atoms with Gasteiger partial charge in [0.25, 0.3) is 0 Å². The number of fused-ring (bicyclic) bond motifs is 1. The Labute approximate surface area is 206 Å². The fourth-order valence-electron chi connectivity index (χ4n) is 5.08. The molecule has 1 unspecified atom stereocenters. The SMILES string of the molecule is CC1=CC(C=C(c2ccc(N(C)C)cc2)c2ccc(N(C)C)cc2)c2c(C)ccc(C(C)C)c21. The van der Waals surface area contributed by atoms with Gasteiger partial charge in [0, 0.05) is 45.5 Å². The zero-order valence-electron chi connectivity index (χ0n) is 22.0. The number of hydrogen-bond acceptors (Lipinski definition) is 2. The predicted molar refractivity (Wildman–Crippen MR) is 150 cm³/mol. The van der Waals surface area contributed by atoms with Gasteiger partial charge in [-0.1, -0.05) is 62.4 Å². The average molecular weight is 451 g/mol. The highest BCUT2D eigenvalue weighted by Gasteiger charge is 2.26. The Morgan fingerprint density at radius 2 is 1.24 bits per heavy atom. The van der Waals surface area contributed by atoms with Crippen molar-refractivity contribution >= 4 is 22.5 Å². The largest absolute Gasteiger partial charge is 0.378 e. The molecule has 2 heteroatoms. The van der Waals surface area contributed by atoms with Crippen LogP contribution in [0.1, 0.15) is 66.0 Å². The lowest BCUT2D eigenvalue weighted by Gasteiger charge is -2.19. The topological polar surface area (TPSA) is 6.48 Å². The summed E-state index contributed by atoms with van der Waals surface area (Å²) >= 11 is 0. The van der Waals surface area contributed by atoms with Gasteiger partial charge in [0.15, 0.2) is 0 Å². The van der Waals surface area contributed by atoms with Crippen LogP contribution in [0, 0.1) is 6.92 Å². The van der Waals surface area contributed by atoms with Crippen LogP contribution in [0.3, 0.4) is 0 Å². The molecule has 176 valence electrons. The third-order valence-corrected chi connectivity index (χ3v) is 7.01. The first kappa shape index (κ1) is 23.9. The molecule has 4 rings (SSSR count). The Morgan fingerprint density at radius 3 is 1.68 bits per heavy atom. The standard InChI is InChI=1S/C32H38N2/c1-21(2)29-18-9-22(3)31-26(19-23(4)32(29)31)20-30(24-10-14-27(15-11-24)33(5)6)25-12-16-28(17-13-25)34(7)8/h9-21,26H,1-8H3. The van der Waals surface area contributed by atoms with Crippen molar-refractivity contribution in [1.29, 1.82) is 0 Å². The van der Waals surface area contributed by atoms with Crippen molar-refractivity contribution in [3.8, 4) is 0 Å². The molecule has 0 spiro atoms. The summed E-state index contributed by atoms with van der Waals surface area (Å²) in [6.07, 6.45) is 4.92. The Hall–Kier alpha value is -3.26. The molecule has 0 aliphatic heterocycles. The van der Waals surface area contributed by atoms with Crippen molar-refractivity contribution in [2.24, 2.45) is 0 Å². The van der Waals surface area contributed by atoms with Crippen LogP contribution < -0.4 is 9.80 Å². The Bertz CT molecular complexity index is 1170. The van der Waals surface area contributed by atoms with Crippen LogP contribution in [-0.4, -0.2) is 28.2 Å². The van der Waals surface area contributed by atoms with Gasteiger partial charge in [-0.25, -0.2) is 0 Å². The number of anilines is 2. The summed E-state index contributed by atoms with van der Waals surface area (Å²) < 4.78 is 0. The highest BCUT2D eigenvalue weighted by atomic mass is 15.1. The number of benzene rings is 3. The summed E-state index contributed by atoms with van der Waals surface area (Å²) in [5.74, 6) is 0.780. The summed E-state index contributed by atoms with van der Waals surface area (Å²) in [5.41, 5.74) is 13.4. The molecule has 0 amide bonds.